The molecule has 5 heteroatoms. The monoisotopic (exact) mass is 855 g/mol. The van der Waals surface area contributed by atoms with Gasteiger partial charge in [-0.2, -0.15) is 0 Å². The molecule has 0 amide bonds. The van der Waals surface area contributed by atoms with Gasteiger partial charge >= 0.3 is 0 Å². The number of rotatable bonds is 28. The molecule has 0 N–H and O–H groups in total. The van der Waals surface area contributed by atoms with Crippen LogP contribution in [0.2, 0.25) is 0 Å². The molecule has 2 saturated carbocycles. The van der Waals surface area contributed by atoms with Crippen LogP contribution in [-0.4, -0.2) is 19.9 Å². The third kappa shape index (κ3) is 16.4. The Morgan fingerprint density at radius 1 is 0.397 bits per heavy atom. The number of unbranched alkanes of at least 4 members (excludes halogenated alkanes) is 12. The Labute approximate surface area is 384 Å². The molecule has 0 radical (unpaired) electrons. The number of benzene rings is 2. The SMILES string of the molecule is CCCCCCc1cnc([C@H]2CC[C@H](Cc3cc(CCCCCC)ccc3Oc3ccc(CCCCCC)cc3C[C@H]3CC[C@H](c4ncc(CCCCCC)cn4)CC3)CC2)nc1. The van der Waals surface area contributed by atoms with E-state index < -0.39 is 0 Å². The van der Waals surface area contributed by atoms with Crippen LogP contribution >= 0.6 is 0 Å². The standard InChI is InChI=1S/C58H86N4O/c1-5-9-13-17-21-45-29-35-55(53(37-45)39-47-25-31-51(32-26-47)57-59-41-49(42-60-57)23-19-15-11-7-3)63-56-36-30-46(22-18-14-10-6-2)38-54(56)40-48-27-33-52(34-28-48)58-61-43-50(44-62-58)24-20-16-12-8-4/h29-30,35-38,41-44,47-48,51-52H,5-28,31-34,39-40H2,1-4H3/t47-,48-,51-,52-. The third-order valence-electron chi connectivity index (χ3n) is 14.6. The first-order valence-electron chi connectivity index (χ1n) is 26.6. The minimum Gasteiger partial charge on any atom is -0.457 e. The second-order valence-corrected chi connectivity index (χ2v) is 20.0. The zero-order chi connectivity index (χ0) is 43.9. The van der Waals surface area contributed by atoms with Crippen LogP contribution in [0.5, 0.6) is 11.5 Å². The molecule has 0 bridgehead atoms. The van der Waals surface area contributed by atoms with Gasteiger partial charge in [0.2, 0.25) is 0 Å². The lowest BCUT2D eigenvalue weighted by molar-refractivity contribution is 0.312. The minimum absolute atomic E-state index is 0.479. The van der Waals surface area contributed by atoms with Gasteiger partial charge in [-0.05, 0) is 173 Å². The first-order chi connectivity index (χ1) is 31.0. The molecule has 2 fully saturated rings. The van der Waals surface area contributed by atoms with Gasteiger partial charge in [0, 0.05) is 36.6 Å². The van der Waals surface area contributed by atoms with Crippen LogP contribution in [0.3, 0.4) is 0 Å². The highest BCUT2D eigenvalue weighted by atomic mass is 16.5. The van der Waals surface area contributed by atoms with E-state index in [4.69, 9.17) is 24.7 Å². The quantitative estimate of drug-likeness (QED) is 0.0533. The maximum Gasteiger partial charge on any atom is 0.131 e. The molecule has 4 aromatic rings. The highest BCUT2D eigenvalue weighted by molar-refractivity contribution is 5.45. The van der Waals surface area contributed by atoms with Gasteiger partial charge in [-0.25, -0.2) is 19.9 Å². The Morgan fingerprint density at radius 2 is 0.730 bits per heavy atom. The van der Waals surface area contributed by atoms with Gasteiger partial charge in [0.1, 0.15) is 23.1 Å². The van der Waals surface area contributed by atoms with Crippen LogP contribution in [0.25, 0.3) is 0 Å². The van der Waals surface area contributed by atoms with Crippen molar-refractivity contribution in [1.82, 2.24) is 19.9 Å². The van der Waals surface area contributed by atoms with Gasteiger partial charge < -0.3 is 4.74 Å². The van der Waals surface area contributed by atoms with Crippen molar-refractivity contribution < 1.29 is 4.74 Å². The topological polar surface area (TPSA) is 60.8 Å². The lowest BCUT2D eigenvalue weighted by atomic mass is 9.78. The Morgan fingerprint density at radius 3 is 1.06 bits per heavy atom. The van der Waals surface area contributed by atoms with Crippen molar-refractivity contribution in [2.45, 2.75) is 232 Å². The van der Waals surface area contributed by atoms with E-state index in [0.29, 0.717) is 23.7 Å². The zero-order valence-electron chi connectivity index (χ0n) is 40.5. The van der Waals surface area contributed by atoms with Crippen molar-refractivity contribution in [3.05, 3.63) is 106 Å². The van der Waals surface area contributed by atoms with E-state index in [1.807, 2.05) is 0 Å². The number of nitrogens with zero attached hydrogens (tertiary/aromatic N) is 4. The van der Waals surface area contributed by atoms with E-state index in [0.717, 1.165) is 61.7 Å². The Kier molecular flexibility index (Phi) is 21.4. The Balaban J connectivity index is 1.12. The summed E-state index contributed by atoms with van der Waals surface area (Å²) in [5.41, 5.74) is 8.32. The van der Waals surface area contributed by atoms with E-state index in [9.17, 15) is 0 Å². The van der Waals surface area contributed by atoms with Crippen molar-refractivity contribution in [2.75, 3.05) is 0 Å². The molecule has 344 valence electrons. The van der Waals surface area contributed by atoms with E-state index >= 15 is 0 Å². The molecule has 6 rings (SSSR count). The van der Waals surface area contributed by atoms with Crippen LogP contribution < -0.4 is 4.74 Å². The molecular weight excluding hydrogens is 769 g/mol. The van der Waals surface area contributed by atoms with Crippen LogP contribution in [0.4, 0.5) is 0 Å². The maximum atomic E-state index is 7.17. The summed E-state index contributed by atoms with van der Waals surface area (Å²) in [6, 6.07) is 14.4. The smallest absolute Gasteiger partial charge is 0.131 e. The largest absolute Gasteiger partial charge is 0.457 e. The van der Waals surface area contributed by atoms with E-state index in [2.05, 4.69) is 88.9 Å². The highest BCUT2D eigenvalue weighted by Gasteiger charge is 2.27. The molecule has 2 aromatic heterocycles. The van der Waals surface area contributed by atoms with Gasteiger partial charge in [0.05, 0.1) is 0 Å². The summed E-state index contributed by atoms with van der Waals surface area (Å²) >= 11 is 0. The lowest BCUT2D eigenvalue weighted by Crippen LogP contribution is -2.18. The summed E-state index contributed by atoms with van der Waals surface area (Å²) in [5.74, 6) is 6.53. The van der Waals surface area contributed by atoms with Crippen molar-refractivity contribution in [3.63, 3.8) is 0 Å². The van der Waals surface area contributed by atoms with Gasteiger partial charge in [0.15, 0.2) is 0 Å². The first kappa shape index (κ1) is 48.8. The van der Waals surface area contributed by atoms with E-state index in [1.54, 1.807) is 0 Å². The number of ether oxygens (including phenoxy) is 1. The third-order valence-corrected chi connectivity index (χ3v) is 14.6. The predicted octanol–water partition coefficient (Wildman–Crippen LogP) is 16.6. The summed E-state index contributed by atoms with van der Waals surface area (Å²) in [6.45, 7) is 9.16. The molecule has 0 unspecified atom stereocenters. The second-order valence-electron chi connectivity index (χ2n) is 20.0. The molecule has 63 heavy (non-hydrogen) atoms. The van der Waals surface area contributed by atoms with Crippen LogP contribution in [0.1, 0.15) is 239 Å². The zero-order valence-corrected chi connectivity index (χ0v) is 40.5. The fourth-order valence-electron chi connectivity index (χ4n) is 10.5. The molecule has 2 aliphatic carbocycles. The van der Waals surface area contributed by atoms with Crippen LogP contribution in [-0.2, 0) is 38.5 Å². The molecule has 0 aliphatic heterocycles. The fourth-order valence-corrected chi connectivity index (χ4v) is 10.5. The van der Waals surface area contributed by atoms with Crippen LogP contribution in [0, 0.1) is 11.8 Å². The normalized spacial score (nSPS) is 19.0. The highest BCUT2D eigenvalue weighted by Crippen LogP contribution is 2.41. The van der Waals surface area contributed by atoms with E-state index in [-0.39, 0.29) is 0 Å². The number of aromatic nitrogens is 4. The summed E-state index contributed by atoms with van der Waals surface area (Å²) in [7, 11) is 0. The molecule has 2 aliphatic rings. The summed E-state index contributed by atoms with van der Waals surface area (Å²) in [4.78, 5) is 19.6. The molecular formula is C58H86N4O. The van der Waals surface area contributed by atoms with Crippen molar-refractivity contribution in [3.8, 4) is 11.5 Å². The number of hydrogen-bond donors (Lipinski definition) is 0. The first-order valence-corrected chi connectivity index (χ1v) is 26.6. The van der Waals surface area contributed by atoms with Crippen molar-refractivity contribution >= 4 is 0 Å². The molecule has 2 heterocycles. The van der Waals surface area contributed by atoms with Crippen LogP contribution in [0.15, 0.2) is 61.2 Å². The summed E-state index contributed by atoms with van der Waals surface area (Å²) in [5, 5.41) is 0. The van der Waals surface area contributed by atoms with Gasteiger partial charge in [0.25, 0.3) is 0 Å². The van der Waals surface area contributed by atoms with Gasteiger partial charge in [-0.3, -0.25) is 0 Å². The average molecular weight is 855 g/mol. The molecule has 2 aromatic carbocycles. The second kappa shape index (κ2) is 27.7. The van der Waals surface area contributed by atoms with Crippen molar-refractivity contribution in [2.24, 2.45) is 11.8 Å². The minimum atomic E-state index is 0.479. The number of aryl methyl sites for hydroxylation is 4. The van der Waals surface area contributed by atoms with Gasteiger partial charge in [-0.15, -0.1) is 0 Å². The van der Waals surface area contributed by atoms with Crippen molar-refractivity contribution in [1.29, 1.82) is 0 Å². The molecule has 0 atom stereocenters. The van der Waals surface area contributed by atoms with Gasteiger partial charge in [-0.1, -0.05) is 129 Å². The fraction of sp³-hybridized carbons (Fsp3) is 0.655. The Hall–Kier alpha value is -3.60. The molecule has 0 saturated heterocycles. The summed E-state index contributed by atoms with van der Waals surface area (Å²) in [6.07, 6.45) is 45.3. The molecule has 5 nitrogen and oxygen atoms in total. The Bertz CT molecular complexity index is 1700. The lowest BCUT2D eigenvalue weighted by Gasteiger charge is -2.29. The average Bonchev–Trinajstić information content (AvgIpc) is 3.32. The maximum absolute atomic E-state index is 7.17. The predicted molar refractivity (Wildman–Crippen MR) is 265 cm³/mol. The number of hydrogen-bond acceptors (Lipinski definition) is 5. The molecule has 0 spiro atoms. The van der Waals surface area contributed by atoms with E-state index in [1.165, 1.54) is 187 Å². The summed E-state index contributed by atoms with van der Waals surface area (Å²) < 4.78 is 7.17.